The van der Waals surface area contributed by atoms with E-state index < -0.39 is 0 Å². The van der Waals surface area contributed by atoms with Crippen molar-refractivity contribution in [1.82, 2.24) is 6.15 Å². The van der Waals surface area contributed by atoms with Crippen LogP contribution in [0.1, 0.15) is 0 Å². The Balaban J connectivity index is 0. The van der Waals surface area contributed by atoms with Crippen molar-refractivity contribution in [3.63, 3.8) is 0 Å². The van der Waals surface area contributed by atoms with E-state index in [1.165, 1.54) is 0 Å². The van der Waals surface area contributed by atoms with E-state index in [-0.39, 0.29) is 75.2 Å². The van der Waals surface area contributed by atoms with Crippen LogP contribution in [0.15, 0.2) is 0 Å². The van der Waals surface area contributed by atoms with Crippen molar-refractivity contribution in [2.45, 2.75) is 0 Å². The molecule has 0 unspecified atom stereocenters. The molecule has 0 aliphatic rings. The Morgan fingerprint density at radius 2 is 0.750 bits per heavy atom. The molecule has 0 radical (unpaired) electrons. The van der Waals surface area contributed by atoms with Crippen LogP contribution in [0, 0.1) is 0 Å². The van der Waals surface area contributed by atoms with E-state index in [4.69, 9.17) is 0 Å². The van der Waals surface area contributed by atoms with E-state index >= 15 is 0 Å². The molecule has 0 heterocycles. The summed E-state index contributed by atoms with van der Waals surface area (Å²) in [4.78, 5) is 0. The molecular weight excluding hydrogens is 271 g/mol. The Morgan fingerprint density at radius 3 is 0.750 bits per heavy atom. The van der Waals surface area contributed by atoms with E-state index in [0.717, 1.165) is 0 Å². The molecule has 0 rings (SSSR count). The first-order valence-corrected chi connectivity index (χ1v) is 0. The van der Waals surface area contributed by atoms with Gasteiger partial charge in [0.1, 0.15) is 0 Å². The van der Waals surface area contributed by atoms with Gasteiger partial charge in [-0.15, -0.1) is 0 Å². The third-order valence-electron chi connectivity index (χ3n) is 0. The molecule has 0 atom stereocenters. The average molecular weight is 283 g/mol. The van der Waals surface area contributed by atoms with Crippen molar-refractivity contribution in [3.05, 3.63) is 0 Å². The van der Waals surface area contributed by atoms with Crippen LogP contribution in [0.4, 0.5) is 0 Å². The van der Waals surface area contributed by atoms with Gasteiger partial charge in [0, 0.05) is 0 Å². The Hall–Kier alpha value is 2.23. The maximum atomic E-state index is 0. The molecule has 0 saturated carbocycles. The van der Waals surface area contributed by atoms with Gasteiger partial charge in [0.15, 0.2) is 17.4 Å². The second kappa shape index (κ2) is 18.8. The van der Waals surface area contributed by atoms with Gasteiger partial charge in [-0.2, -0.15) is 0 Å². The monoisotopic (exact) mass is 283 g/mol. The van der Waals surface area contributed by atoms with E-state index in [9.17, 15) is 0 Å². The second-order valence-electron chi connectivity index (χ2n) is 0. The van der Waals surface area contributed by atoms with Gasteiger partial charge < -0.3 is 6.15 Å². The molecule has 0 saturated heterocycles. The maximum absolute atomic E-state index is 0. The van der Waals surface area contributed by atoms with Gasteiger partial charge in [-0.25, -0.2) is 0 Å². The first kappa shape index (κ1) is 34.2. The molecule has 0 spiro atoms. The fourth-order valence-electron chi connectivity index (χ4n) is 0. The van der Waals surface area contributed by atoms with E-state index in [1.54, 1.807) is 0 Å². The van der Waals surface area contributed by atoms with Crippen LogP contribution in [0.25, 0.3) is 0 Å². The number of hydrogen-bond donors (Lipinski definition) is 1. The van der Waals surface area contributed by atoms with E-state index in [2.05, 4.69) is 0 Å². The van der Waals surface area contributed by atoms with Crippen molar-refractivity contribution in [2.75, 3.05) is 0 Å². The topological polar surface area (TPSA) is 35.0 Å². The zero-order chi connectivity index (χ0) is 0. The van der Waals surface area contributed by atoms with Gasteiger partial charge in [-0.3, -0.25) is 0 Å². The standard InChI is InChI=1S/Al.2In.H3N.9H/h;;;1H3;;;;;;;;;. The minimum atomic E-state index is 0. The van der Waals surface area contributed by atoms with Gasteiger partial charge in [-0.05, 0) is 0 Å². The molecule has 0 aliphatic carbocycles. The Bertz CT molecular complexity index is 6.00. The average Bonchev–Trinajstić information content (AvgIpc) is 0. The molecule has 4 heteroatoms. The summed E-state index contributed by atoms with van der Waals surface area (Å²) in [6.07, 6.45) is 0. The molecule has 0 fully saturated rings. The molecule has 0 aliphatic heterocycles. The summed E-state index contributed by atoms with van der Waals surface area (Å²) >= 11 is 0. The molecule has 0 aromatic rings. The van der Waals surface area contributed by atoms with Gasteiger partial charge in [0.05, 0.1) is 0 Å². The zero-order valence-electron chi connectivity index (χ0n) is 0.707. The summed E-state index contributed by atoms with van der Waals surface area (Å²) in [6.45, 7) is 0. The Morgan fingerprint density at radius 1 is 0.750 bits per heavy atom. The number of rotatable bonds is 0. The molecule has 26 valence electrons. The van der Waals surface area contributed by atoms with Crippen LogP contribution in [0.3, 0.4) is 0 Å². The number of hydrogen-bond acceptors (Lipinski definition) is 1. The van der Waals surface area contributed by atoms with Crippen LogP contribution in [0.2, 0.25) is 0 Å². The van der Waals surface area contributed by atoms with Crippen molar-refractivity contribution in [2.24, 2.45) is 0 Å². The van der Waals surface area contributed by atoms with Crippen molar-refractivity contribution in [1.29, 1.82) is 0 Å². The first-order chi connectivity index (χ1) is 0. The molecule has 0 aromatic carbocycles. The SMILES string of the molecule is N.[AlH3].[InH3].[InH3]. The molecule has 0 amide bonds. The van der Waals surface area contributed by atoms with Crippen molar-refractivity contribution >= 4 is 69.0 Å². The fourth-order valence-corrected chi connectivity index (χ4v) is 0. The van der Waals surface area contributed by atoms with Crippen LogP contribution in [-0.4, -0.2) is 69.0 Å². The Labute approximate surface area is 74.2 Å². The molecule has 3 N–H and O–H groups in total. The normalized spacial score (nSPS) is 0. The predicted octanol–water partition coefficient (Wildman–Crippen LogP) is -3.39. The quantitative estimate of drug-likeness (QED) is 0.462. The summed E-state index contributed by atoms with van der Waals surface area (Å²) < 4.78 is 0. The molecule has 0 bridgehead atoms. The first-order valence-electron chi connectivity index (χ1n) is 0. The zero-order valence-corrected chi connectivity index (χ0v) is 0.707. The minimum absolute atomic E-state index is 0. The van der Waals surface area contributed by atoms with Gasteiger partial charge in [0.2, 0.25) is 0 Å². The van der Waals surface area contributed by atoms with Gasteiger partial charge in [-0.1, -0.05) is 0 Å². The van der Waals surface area contributed by atoms with Crippen LogP contribution in [0.5, 0.6) is 0 Å². The van der Waals surface area contributed by atoms with Gasteiger partial charge in [0.25, 0.3) is 0 Å². The van der Waals surface area contributed by atoms with E-state index in [0.29, 0.717) is 0 Å². The van der Waals surface area contributed by atoms with Crippen molar-refractivity contribution in [3.8, 4) is 0 Å². The third kappa shape index (κ3) is 8.87. The summed E-state index contributed by atoms with van der Waals surface area (Å²) in [5, 5.41) is 0. The predicted molar refractivity (Wildman–Crippen MR) is 34.8 cm³/mol. The summed E-state index contributed by atoms with van der Waals surface area (Å²) in [5.41, 5.74) is 0. The molecule has 1 nitrogen and oxygen atoms in total. The Kier molecular flexibility index (Phi) is 161. The van der Waals surface area contributed by atoms with Crippen LogP contribution >= 0.6 is 0 Å². The summed E-state index contributed by atoms with van der Waals surface area (Å²) in [5.74, 6) is 0. The third-order valence-corrected chi connectivity index (χ3v) is 0. The van der Waals surface area contributed by atoms with E-state index in [1.807, 2.05) is 0 Å². The van der Waals surface area contributed by atoms with Crippen LogP contribution in [-0.2, 0) is 0 Å². The fraction of sp³-hybridized carbons (Fsp3) is 0. The van der Waals surface area contributed by atoms with Crippen LogP contribution < -0.4 is 6.15 Å². The van der Waals surface area contributed by atoms with Gasteiger partial charge >= 0.3 is 51.7 Å². The van der Waals surface area contributed by atoms with Crippen molar-refractivity contribution < 1.29 is 0 Å². The second-order valence-corrected chi connectivity index (χ2v) is 0. The molecule has 0 aromatic heterocycles. The summed E-state index contributed by atoms with van der Waals surface area (Å²) in [7, 11) is 0. The molecular formula is H12AlIn2N. The molecule has 4 heavy (non-hydrogen) atoms. The summed E-state index contributed by atoms with van der Waals surface area (Å²) in [6, 6.07) is 0.